The monoisotopic (exact) mass is 303 g/mol. The summed E-state index contributed by atoms with van der Waals surface area (Å²) in [6.07, 6.45) is 1.71. The number of alkyl halides is 1. The summed E-state index contributed by atoms with van der Waals surface area (Å²) in [5, 5.41) is 13.6. The molecule has 1 heterocycles. The number of aliphatic hydroxyl groups is 1. The van der Waals surface area contributed by atoms with Crippen molar-refractivity contribution >= 4 is 33.4 Å². The molecule has 0 amide bonds. The summed E-state index contributed by atoms with van der Waals surface area (Å²) in [6.45, 7) is 0. The molecule has 0 fully saturated rings. The predicted molar refractivity (Wildman–Crippen MR) is 60.8 cm³/mol. The standard InChI is InChI=1S/C10H10BrNO5/c1-16-9(15)5-4-10(17-12-5)3-2-6(13)7(11)8(10)14/h2-3,7-8,14H,4H2,1H3/t7-,8-,10+/m0/s1. The van der Waals surface area contributed by atoms with Gasteiger partial charge in [-0.25, -0.2) is 4.79 Å². The summed E-state index contributed by atoms with van der Waals surface area (Å²) < 4.78 is 4.52. The lowest BCUT2D eigenvalue weighted by atomic mass is 9.83. The number of methoxy groups -OCH3 is 1. The van der Waals surface area contributed by atoms with Crippen LogP contribution in [-0.4, -0.2) is 46.2 Å². The Labute approximate surface area is 105 Å². The smallest absolute Gasteiger partial charge is 0.356 e. The van der Waals surface area contributed by atoms with Crippen molar-refractivity contribution in [3.8, 4) is 0 Å². The lowest BCUT2D eigenvalue weighted by Crippen LogP contribution is -2.51. The Bertz CT molecular complexity index is 432. The molecule has 2 aliphatic rings. The second kappa shape index (κ2) is 4.23. The predicted octanol–water partition coefficient (Wildman–Crippen LogP) is -0.0622. The van der Waals surface area contributed by atoms with E-state index in [-0.39, 0.29) is 17.9 Å². The molecule has 6 nitrogen and oxygen atoms in total. The Morgan fingerprint density at radius 3 is 3.12 bits per heavy atom. The van der Waals surface area contributed by atoms with Gasteiger partial charge in [0.25, 0.3) is 0 Å². The van der Waals surface area contributed by atoms with Gasteiger partial charge in [-0.15, -0.1) is 0 Å². The van der Waals surface area contributed by atoms with Gasteiger partial charge in [0, 0.05) is 6.42 Å². The highest BCUT2D eigenvalue weighted by atomic mass is 79.9. The van der Waals surface area contributed by atoms with Gasteiger partial charge in [-0.05, 0) is 12.2 Å². The number of carbonyl (C=O) groups excluding carboxylic acids is 2. The summed E-state index contributed by atoms with van der Waals surface area (Å²) in [7, 11) is 1.24. The van der Waals surface area contributed by atoms with E-state index in [0.717, 1.165) is 0 Å². The van der Waals surface area contributed by atoms with Gasteiger partial charge in [0.2, 0.25) is 0 Å². The van der Waals surface area contributed by atoms with Gasteiger partial charge >= 0.3 is 5.97 Å². The zero-order chi connectivity index (χ0) is 12.6. The molecule has 7 heteroatoms. The molecule has 0 aromatic carbocycles. The molecule has 0 saturated carbocycles. The van der Waals surface area contributed by atoms with Gasteiger partial charge in [0.1, 0.15) is 10.9 Å². The second-order valence-corrected chi connectivity index (χ2v) is 4.82. The van der Waals surface area contributed by atoms with Crippen molar-refractivity contribution in [2.24, 2.45) is 5.16 Å². The van der Waals surface area contributed by atoms with Crippen LogP contribution in [0, 0.1) is 0 Å². The number of esters is 1. The zero-order valence-corrected chi connectivity index (χ0v) is 10.5. The van der Waals surface area contributed by atoms with E-state index in [1.807, 2.05) is 0 Å². The Balaban J connectivity index is 2.22. The molecule has 17 heavy (non-hydrogen) atoms. The highest BCUT2D eigenvalue weighted by Crippen LogP contribution is 2.36. The first-order valence-corrected chi connectivity index (χ1v) is 5.80. The summed E-state index contributed by atoms with van der Waals surface area (Å²) in [6, 6.07) is 0. The molecular weight excluding hydrogens is 294 g/mol. The summed E-state index contributed by atoms with van der Waals surface area (Å²) in [5.74, 6) is -0.858. The minimum absolute atomic E-state index is 0.0761. The lowest BCUT2D eigenvalue weighted by Gasteiger charge is -2.33. The van der Waals surface area contributed by atoms with Crippen molar-refractivity contribution in [2.45, 2.75) is 23.0 Å². The van der Waals surface area contributed by atoms with Crippen molar-refractivity contribution < 1.29 is 24.3 Å². The van der Waals surface area contributed by atoms with E-state index < -0.39 is 22.5 Å². The number of aliphatic hydroxyl groups excluding tert-OH is 1. The largest absolute Gasteiger partial charge is 0.464 e. The minimum atomic E-state index is -1.16. The number of halogens is 1. The highest BCUT2D eigenvalue weighted by Gasteiger charge is 2.51. The number of oxime groups is 1. The van der Waals surface area contributed by atoms with Crippen LogP contribution in [0.1, 0.15) is 6.42 Å². The number of ketones is 1. The fourth-order valence-electron chi connectivity index (χ4n) is 1.76. The average molecular weight is 304 g/mol. The molecule has 0 bridgehead atoms. The molecule has 92 valence electrons. The number of hydrogen-bond acceptors (Lipinski definition) is 6. The number of nitrogens with zero attached hydrogens (tertiary/aromatic N) is 1. The van der Waals surface area contributed by atoms with E-state index in [4.69, 9.17) is 4.84 Å². The molecule has 0 aromatic rings. The van der Waals surface area contributed by atoms with Gasteiger partial charge in [0.05, 0.1) is 7.11 Å². The molecule has 1 aliphatic heterocycles. The highest BCUT2D eigenvalue weighted by molar-refractivity contribution is 9.10. The topological polar surface area (TPSA) is 85.2 Å². The summed E-state index contributed by atoms with van der Waals surface area (Å²) >= 11 is 3.08. The van der Waals surface area contributed by atoms with E-state index in [1.54, 1.807) is 0 Å². The van der Waals surface area contributed by atoms with Crippen molar-refractivity contribution in [1.82, 2.24) is 0 Å². The third-order valence-electron chi connectivity index (χ3n) is 2.77. The number of carbonyl (C=O) groups is 2. The lowest BCUT2D eigenvalue weighted by molar-refractivity contribution is -0.132. The zero-order valence-electron chi connectivity index (χ0n) is 8.92. The van der Waals surface area contributed by atoms with Crippen LogP contribution >= 0.6 is 15.9 Å². The fraction of sp³-hybridized carbons (Fsp3) is 0.500. The van der Waals surface area contributed by atoms with Gasteiger partial charge in [-0.2, -0.15) is 0 Å². The Hall–Kier alpha value is -1.21. The van der Waals surface area contributed by atoms with Crippen LogP contribution in [0.3, 0.4) is 0 Å². The van der Waals surface area contributed by atoms with Crippen molar-refractivity contribution in [1.29, 1.82) is 0 Å². The van der Waals surface area contributed by atoms with Crippen LogP contribution in [0.25, 0.3) is 0 Å². The second-order valence-electron chi connectivity index (χ2n) is 3.83. The van der Waals surface area contributed by atoms with Gasteiger partial charge < -0.3 is 14.7 Å². The molecular formula is C10H10BrNO5. The maximum absolute atomic E-state index is 11.3. The molecule has 1 spiro atoms. The Morgan fingerprint density at radius 2 is 2.47 bits per heavy atom. The molecule has 1 N–H and O–H groups in total. The molecule has 3 atom stereocenters. The first-order chi connectivity index (χ1) is 8.00. The van der Waals surface area contributed by atoms with Crippen molar-refractivity contribution in [3.05, 3.63) is 12.2 Å². The molecule has 1 aliphatic carbocycles. The van der Waals surface area contributed by atoms with Gasteiger partial charge in [0.15, 0.2) is 17.1 Å². The van der Waals surface area contributed by atoms with E-state index in [0.29, 0.717) is 0 Å². The van der Waals surface area contributed by atoms with E-state index in [2.05, 4.69) is 25.8 Å². The maximum Gasteiger partial charge on any atom is 0.356 e. The number of ether oxygens (including phenoxy) is 1. The van der Waals surface area contributed by atoms with Crippen LogP contribution in [0.15, 0.2) is 17.3 Å². The normalized spacial score (nSPS) is 35.7. The first kappa shape index (κ1) is 12.3. The molecule has 0 radical (unpaired) electrons. The maximum atomic E-state index is 11.3. The molecule has 2 rings (SSSR count). The number of hydrogen-bond donors (Lipinski definition) is 1. The molecule has 0 unspecified atom stereocenters. The van der Waals surface area contributed by atoms with Crippen molar-refractivity contribution in [2.75, 3.05) is 7.11 Å². The van der Waals surface area contributed by atoms with Crippen LogP contribution in [0.4, 0.5) is 0 Å². The number of rotatable bonds is 1. The third kappa shape index (κ3) is 1.89. The van der Waals surface area contributed by atoms with Crippen LogP contribution in [0.2, 0.25) is 0 Å². The van der Waals surface area contributed by atoms with E-state index in [1.165, 1.54) is 19.3 Å². The van der Waals surface area contributed by atoms with Gasteiger partial charge in [-0.3, -0.25) is 4.79 Å². The average Bonchev–Trinajstić information content (AvgIpc) is 2.77. The molecule has 0 aromatic heterocycles. The van der Waals surface area contributed by atoms with Crippen LogP contribution < -0.4 is 0 Å². The quantitative estimate of drug-likeness (QED) is 0.542. The summed E-state index contributed by atoms with van der Waals surface area (Å²) in [4.78, 5) is 27.0. The Morgan fingerprint density at radius 1 is 1.76 bits per heavy atom. The first-order valence-electron chi connectivity index (χ1n) is 4.89. The molecule has 0 saturated heterocycles. The Kier molecular flexibility index (Phi) is 3.05. The minimum Gasteiger partial charge on any atom is -0.464 e. The fourth-order valence-corrected chi connectivity index (χ4v) is 2.36. The van der Waals surface area contributed by atoms with Crippen molar-refractivity contribution in [3.63, 3.8) is 0 Å². The van der Waals surface area contributed by atoms with E-state index in [9.17, 15) is 14.7 Å². The SMILES string of the molecule is COC(=O)C1=NO[C@]2(C=CC(=O)[C@H](Br)[C@@H]2O)C1. The van der Waals surface area contributed by atoms with E-state index >= 15 is 0 Å². The third-order valence-corrected chi connectivity index (χ3v) is 3.72. The van der Waals surface area contributed by atoms with Gasteiger partial charge in [-0.1, -0.05) is 21.1 Å². The van der Waals surface area contributed by atoms with Crippen LogP contribution in [0.5, 0.6) is 0 Å². The van der Waals surface area contributed by atoms with Crippen LogP contribution in [-0.2, 0) is 19.2 Å². The number of allylic oxidation sites excluding steroid dienone is 1. The summed E-state index contributed by atoms with van der Waals surface area (Å²) in [5.41, 5.74) is -1.07.